The highest BCUT2D eigenvalue weighted by atomic mass is 16.3. The van der Waals surface area contributed by atoms with Gasteiger partial charge in [0.1, 0.15) is 5.78 Å². The molecule has 0 aromatic carbocycles. The first-order chi connectivity index (χ1) is 14.8. The molecular weight excluding hydrogens is 400 g/mol. The average molecular weight is 437 g/mol. The summed E-state index contributed by atoms with van der Waals surface area (Å²) in [4.78, 5) is 25.2. The van der Waals surface area contributed by atoms with Crippen molar-refractivity contribution < 1.29 is 19.8 Å². The number of fused-ring (bicyclic) bond motifs is 7. The highest BCUT2D eigenvalue weighted by Crippen LogP contribution is 2.74. The second-order valence-corrected chi connectivity index (χ2v) is 12.2. The fraction of sp³-hybridized carbons (Fsp3) is 0.643. The van der Waals surface area contributed by atoms with Crippen LogP contribution in [-0.4, -0.2) is 27.9 Å². The minimum Gasteiger partial charge on any atom is -0.504 e. The zero-order valence-corrected chi connectivity index (χ0v) is 20.2. The number of hydrogen-bond acceptors (Lipinski definition) is 4. The fourth-order valence-corrected chi connectivity index (χ4v) is 8.50. The van der Waals surface area contributed by atoms with Crippen molar-refractivity contribution in [2.45, 2.75) is 79.8 Å². The number of carbonyl (C=O) groups excluding carboxylic acids is 2. The SMILES string of the molecule is CC1=C(O)C(=O)C=C2C1=CC=C1[C@@]2(C)CC[C@@]2(C)[C@@H]3C[C@@H](C)C(=O)C[C@]3(C)C[C@H](O)[C@]12C. The number of Topliss-reactive ketones (excluding diaryl/α,β-unsaturated/α-hetero) is 1. The topological polar surface area (TPSA) is 74.6 Å². The van der Waals surface area contributed by atoms with Gasteiger partial charge in [0.25, 0.3) is 0 Å². The Hall–Kier alpha value is -1.94. The largest absolute Gasteiger partial charge is 0.504 e. The normalized spacial score (nSPS) is 48.1. The minimum absolute atomic E-state index is 0.0685. The molecule has 0 amide bonds. The number of rotatable bonds is 0. The first kappa shape index (κ1) is 21.9. The monoisotopic (exact) mass is 436 g/mol. The number of allylic oxidation sites excluding steroid dienone is 6. The van der Waals surface area contributed by atoms with E-state index in [1.807, 2.05) is 13.0 Å². The summed E-state index contributed by atoms with van der Waals surface area (Å²) >= 11 is 0. The van der Waals surface area contributed by atoms with E-state index in [9.17, 15) is 19.8 Å². The number of aliphatic hydroxyl groups excluding tert-OH is 2. The second kappa shape index (κ2) is 6.34. The van der Waals surface area contributed by atoms with Crippen LogP contribution in [0.4, 0.5) is 0 Å². The van der Waals surface area contributed by atoms with Gasteiger partial charge in [-0.2, -0.15) is 0 Å². The van der Waals surface area contributed by atoms with Crippen molar-refractivity contribution in [2.24, 2.45) is 33.5 Å². The molecule has 5 rings (SSSR count). The number of aliphatic hydroxyl groups is 2. The van der Waals surface area contributed by atoms with E-state index < -0.39 is 11.5 Å². The molecule has 0 radical (unpaired) electrons. The predicted octanol–water partition coefficient (Wildman–Crippen LogP) is 5.39. The molecule has 0 unspecified atom stereocenters. The van der Waals surface area contributed by atoms with Gasteiger partial charge < -0.3 is 10.2 Å². The zero-order valence-electron chi connectivity index (χ0n) is 20.2. The van der Waals surface area contributed by atoms with Gasteiger partial charge in [0.05, 0.1) is 6.10 Å². The molecule has 4 heteroatoms. The maximum Gasteiger partial charge on any atom is 0.220 e. The maximum atomic E-state index is 12.7. The first-order valence-corrected chi connectivity index (χ1v) is 12.1. The Morgan fingerprint density at radius 1 is 1.06 bits per heavy atom. The minimum atomic E-state index is -0.555. The Morgan fingerprint density at radius 3 is 2.44 bits per heavy atom. The molecule has 32 heavy (non-hydrogen) atoms. The Bertz CT molecular complexity index is 1070. The quantitative estimate of drug-likeness (QED) is 0.534. The molecule has 4 nitrogen and oxygen atoms in total. The van der Waals surface area contributed by atoms with Gasteiger partial charge in [-0.05, 0) is 66.6 Å². The lowest BCUT2D eigenvalue weighted by atomic mass is 9.34. The van der Waals surface area contributed by atoms with Crippen molar-refractivity contribution >= 4 is 11.6 Å². The van der Waals surface area contributed by atoms with Crippen molar-refractivity contribution in [3.8, 4) is 0 Å². The molecule has 0 aliphatic heterocycles. The van der Waals surface area contributed by atoms with Crippen LogP contribution in [0.3, 0.4) is 0 Å². The smallest absolute Gasteiger partial charge is 0.220 e. The summed E-state index contributed by atoms with van der Waals surface area (Å²) in [5.41, 5.74) is 2.63. The summed E-state index contributed by atoms with van der Waals surface area (Å²) in [5, 5.41) is 22.0. The Kier molecular flexibility index (Phi) is 4.34. The van der Waals surface area contributed by atoms with E-state index in [2.05, 4.69) is 40.7 Å². The molecule has 7 atom stereocenters. The average Bonchev–Trinajstić information content (AvgIpc) is 2.71. The lowest BCUT2D eigenvalue weighted by Gasteiger charge is -2.70. The van der Waals surface area contributed by atoms with Crippen LogP contribution < -0.4 is 0 Å². The highest BCUT2D eigenvalue weighted by Gasteiger charge is 2.69. The van der Waals surface area contributed by atoms with Gasteiger partial charge in [-0.25, -0.2) is 0 Å². The van der Waals surface area contributed by atoms with Gasteiger partial charge in [-0.1, -0.05) is 52.3 Å². The molecule has 0 heterocycles. The molecule has 0 spiro atoms. The molecule has 0 aromatic heterocycles. The van der Waals surface area contributed by atoms with Crippen LogP contribution in [-0.2, 0) is 9.59 Å². The lowest BCUT2D eigenvalue weighted by molar-refractivity contribution is -0.201. The Morgan fingerprint density at radius 2 is 1.75 bits per heavy atom. The van der Waals surface area contributed by atoms with Crippen LogP contribution in [0.5, 0.6) is 0 Å². The Balaban J connectivity index is 1.69. The van der Waals surface area contributed by atoms with E-state index >= 15 is 0 Å². The summed E-state index contributed by atoms with van der Waals surface area (Å²) in [6.45, 7) is 12.9. The van der Waals surface area contributed by atoms with Crippen molar-refractivity contribution in [1.82, 2.24) is 0 Å². The summed E-state index contributed by atoms with van der Waals surface area (Å²) in [7, 11) is 0. The standard InChI is InChI=1S/C28H36O4/c1-15-11-22-25(3,13-20(15)30)14-23(31)28(6)21-8-7-17-16(2)24(32)19(29)12-18(17)26(21,4)9-10-27(22,28)5/h7-8,12,15,22-23,31-32H,9-11,13-14H2,1-6H3/t15-,22-,23+,25-,26+,27+,28+/m1/s1. The molecule has 0 bridgehead atoms. The maximum absolute atomic E-state index is 12.7. The van der Waals surface area contributed by atoms with Crippen LogP contribution in [0.1, 0.15) is 73.6 Å². The number of hydrogen-bond donors (Lipinski definition) is 2. The van der Waals surface area contributed by atoms with E-state index in [-0.39, 0.29) is 33.7 Å². The molecule has 3 fully saturated rings. The summed E-state index contributed by atoms with van der Waals surface area (Å²) in [5.74, 6) is 0.272. The van der Waals surface area contributed by atoms with Crippen molar-refractivity contribution in [2.75, 3.05) is 0 Å². The van der Waals surface area contributed by atoms with Crippen molar-refractivity contribution in [3.63, 3.8) is 0 Å². The summed E-state index contributed by atoms with van der Waals surface area (Å²) in [6.07, 6.45) is 9.16. The van der Waals surface area contributed by atoms with E-state index in [1.54, 1.807) is 6.08 Å². The van der Waals surface area contributed by atoms with E-state index in [1.165, 1.54) is 5.57 Å². The zero-order chi connectivity index (χ0) is 23.4. The van der Waals surface area contributed by atoms with Crippen molar-refractivity contribution in [1.29, 1.82) is 0 Å². The summed E-state index contributed by atoms with van der Waals surface area (Å²) in [6, 6.07) is 0. The number of carbonyl (C=O) groups is 2. The van der Waals surface area contributed by atoms with Crippen LogP contribution in [0.2, 0.25) is 0 Å². The van der Waals surface area contributed by atoms with Gasteiger partial charge in [-0.3, -0.25) is 9.59 Å². The number of ketones is 2. The molecule has 172 valence electrons. The van der Waals surface area contributed by atoms with Gasteiger partial charge in [-0.15, -0.1) is 0 Å². The molecule has 0 saturated heterocycles. The molecule has 3 saturated carbocycles. The van der Waals surface area contributed by atoms with Gasteiger partial charge >= 0.3 is 0 Å². The van der Waals surface area contributed by atoms with E-state index in [4.69, 9.17) is 0 Å². The molecule has 2 N–H and O–H groups in total. The van der Waals surface area contributed by atoms with Crippen molar-refractivity contribution in [3.05, 3.63) is 46.3 Å². The van der Waals surface area contributed by atoms with Crippen LogP contribution in [0.15, 0.2) is 46.3 Å². The molecular formula is C28H36O4. The fourth-order valence-electron chi connectivity index (χ4n) is 8.50. The van der Waals surface area contributed by atoms with Gasteiger partial charge in [0.2, 0.25) is 5.78 Å². The summed E-state index contributed by atoms with van der Waals surface area (Å²) < 4.78 is 0. The second-order valence-electron chi connectivity index (χ2n) is 12.2. The predicted molar refractivity (Wildman–Crippen MR) is 124 cm³/mol. The first-order valence-electron chi connectivity index (χ1n) is 12.1. The van der Waals surface area contributed by atoms with Crippen LogP contribution in [0, 0.1) is 33.5 Å². The van der Waals surface area contributed by atoms with Crippen LogP contribution in [0.25, 0.3) is 0 Å². The van der Waals surface area contributed by atoms with Crippen LogP contribution >= 0.6 is 0 Å². The third-order valence-electron chi connectivity index (χ3n) is 10.7. The van der Waals surface area contributed by atoms with E-state index in [0.29, 0.717) is 30.1 Å². The molecule has 5 aliphatic rings. The third kappa shape index (κ3) is 2.37. The third-order valence-corrected chi connectivity index (χ3v) is 10.7. The lowest BCUT2D eigenvalue weighted by Crippen LogP contribution is -2.66. The molecule has 0 aromatic rings. The molecule has 5 aliphatic carbocycles. The Labute approximate surface area is 191 Å². The van der Waals surface area contributed by atoms with Gasteiger partial charge in [0.15, 0.2) is 5.76 Å². The van der Waals surface area contributed by atoms with Gasteiger partial charge in [0, 0.05) is 28.7 Å². The highest BCUT2D eigenvalue weighted by molar-refractivity contribution is 6.06. The van der Waals surface area contributed by atoms with E-state index in [0.717, 1.165) is 30.4 Å².